The van der Waals surface area contributed by atoms with E-state index in [2.05, 4.69) is 50.4 Å². The highest BCUT2D eigenvalue weighted by Gasteiger charge is 2.30. The normalized spacial score (nSPS) is 23.1. The molecule has 0 aromatic carbocycles. The Hall–Kier alpha value is -0.880. The summed E-state index contributed by atoms with van der Waals surface area (Å²) >= 11 is 3.47. The van der Waals surface area contributed by atoms with E-state index >= 15 is 0 Å². The lowest BCUT2D eigenvalue weighted by atomic mass is 10.0. The average Bonchev–Trinajstić information content (AvgIpc) is 2.77. The lowest BCUT2D eigenvalue weighted by Crippen LogP contribution is -2.35. The van der Waals surface area contributed by atoms with Crippen LogP contribution in [0.5, 0.6) is 0 Å². The van der Waals surface area contributed by atoms with Crippen molar-refractivity contribution in [2.24, 2.45) is 0 Å². The highest BCUT2D eigenvalue weighted by Crippen LogP contribution is 2.27. The summed E-state index contributed by atoms with van der Waals surface area (Å²) in [4.78, 5) is 8.72. The Balaban J connectivity index is 2.10. The van der Waals surface area contributed by atoms with Crippen LogP contribution in [0.2, 0.25) is 0 Å². The highest BCUT2D eigenvalue weighted by molar-refractivity contribution is 9.10. The first-order valence-corrected chi connectivity index (χ1v) is 7.04. The molecule has 0 radical (unpaired) electrons. The molecule has 0 spiro atoms. The van der Waals surface area contributed by atoms with E-state index in [1.807, 2.05) is 0 Å². The molecule has 1 aromatic rings. The van der Waals surface area contributed by atoms with Crippen molar-refractivity contribution in [2.45, 2.75) is 32.2 Å². The van der Waals surface area contributed by atoms with E-state index in [0.29, 0.717) is 12.6 Å². The van der Waals surface area contributed by atoms with E-state index in [1.165, 1.54) is 0 Å². The molecule has 2 rings (SSSR count). The third-order valence-electron chi connectivity index (χ3n) is 2.92. The van der Waals surface area contributed by atoms with Gasteiger partial charge in [-0.25, -0.2) is 4.98 Å². The zero-order valence-corrected chi connectivity index (χ0v) is 12.4. The summed E-state index contributed by atoms with van der Waals surface area (Å²) in [5.41, 5.74) is -0.0428. The summed E-state index contributed by atoms with van der Waals surface area (Å²) in [6.45, 7) is 6.64. The molecule has 1 atom stereocenters. The van der Waals surface area contributed by atoms with E-state index in [1.54, 1.807) is 6.20 Å². The van der Waals surface area contributed by atoms with Crippen LogP contribution in [0.3, 0.4) is 0 Å². The van der Waals surface area contributed by atoms with Crippen molar-refractivity contribution in [2.75, 3.05) is 30.4 Å². The van der Waals surface area contributed by atoms with Crippen molar-refractivity contribution in [3.63, 3.8) is 0 Å². The van der Waals surface area contributed by atoms with E-state index in [-0.39, 0.29) is 5.54 Å². The van der Waals surface area contributed by atoms with Crippen molar-refractivity contribution in [1.82, 2.24) is 9.97 Å². The minimum absolute atomic E-state index is 0.0428. The van der Waals surface area contributed by atoms with Gasteiger partial charge in [0.2, 0.25) is 5.95 Å². The SMILES string of the molecule is CCCNc1ncc(Br)c(NC2(C)CCOC2)n1. The molecule has 0 aliphatic carbocycles. The molecule has 5 nitrogen and oxygen atoms in total. The Morgan fingerprint density at radius 1 is 1.56 bits per heavy atom. The molecule has 1 aliphatic heterocycles. The van der Waals surface area contributed by atoms with Crippen LogP contribution in [0.15, 0.2) is 10.7 Å². The smallest absolute Gasteiger partial charge is 0.224 e. The number of anilines is 2. The molecule has 2 N–H and O–H groups in total. The van der Waals surface area contributed by atoms with Crippen LogP contribution in [0, 0.1) is 0 Å². The van der Waals surface area contributed by atoms with Gasteiger partial charge < -0.3 is 15.4 Å². The first kappa shape index (κ1) is 13.5. The van der Waals surface area contributed by atoms with Crippen LogP contribution in [-0.4, -0.2) is 35.3 Å². The Morgan fingerprint density at radius 2 is 2.39 bits per heavy atom. The summed E-state index contributed by atoms with van der Waals surface area (Å²) in [6, 6.07) is 0. The van der Waals surface area contributed by atoms with Crippen LogP contribution < -0.4 is 10.6 Å². The topological polar surface area (TPSA) is 59.1 Å². The number of aromatic nitrogens is 2. The molecule has 0 bridgehead atoms. The number of halogens is 1. The molecular weight excluding hydrogens is 296 g/mol. The van der Waals surface area contributed by atoms with E-state index < -0.39 is 0 Å². The number of hydrogen-bond donors (Lipinski definition) is 2. The van der Waals surface area contributed by atoms with Gasteiger partial charge >= 0.3 is 0 Å². The second kappa shape index (κ2) is 5.84. The predicted octanol–water partition coefficient (Wildman–Crippen LogP) is 2.65. The maximum absolute atomic E-state index is 5.43. The van der Waals surface area contributed by atoms with Gasteiger partial charge in [0, 0.05) is 19.3 Å². The van der Waals surface area contributed by atoms with Crippen LogP contribution in [0.25, 0.3) is 0 Å². The van der Waals surface area contributed by atoms with Crippen LogP contribution >= 0.6 is 15.9 Å². The molecule has 0 amide bonds. The minimum atomic E-state index is -0.0428. The molecule has 18 heavy (non-hydrogen) atoms. The minimum Gasteiger partial charge on any atom is -0.379 e. The van der Waals surface area contributed by atoms with Gasteiger partial charge in [0.15, 0.2) is 0 Å². The van der Waals surface area contributed by atoms with E-state index in [4.69, 9.17) is 4.74 Å². The van der Waals surface area contributed by atoms with Crippen molar-refractivity contribution in [3.05, 3.63) is 10.7 Å². The van der Waals surface area contributed by atoms with Gasteiger partial charge in [-0.15, -0.1) is 0 Å². The van der Waals surface area contributed by atoms with Gasteiger partial charge in [-0.3, -0.25) is 0 Å². The quantitative estimate of drug-likeness (QED) is 0.875. The molecule has 1 saturated heterocycles. The fourth-order valence-corrected chi connectivity index (χ4v) is 2.12. The number of hydrogen-bond acceptors (Lipinski definition) is 5. The fraction of sp³-hybridized carbons (Fsp3) is 0.667. The third kappa shape index (κ3) is 3.32. The standard InChI is InChI=1S/C12H19BrN4O/c1-3-5-14-11-15-7-9(13)10(16-11)17-12(2)4-6-18-8-12/h7H,3-6,8H2,1-2H3,(H2,14,15,16,17). The maximum Gasteiger partial charge on any atom is 0.224 e. The Bertz CT molecular complexity index is 407. The monoisotopic (exact) mass is 314 g/mol. The average molecular weight is 315 g/mol. The van der Waals surface area contributed by atoms with Crippen molar-refractivity contribution < 1.29 is 4.74 Å². The lowest BCUT2D eigenvalue weighted by Gasteiger charge is -2.25. The zero-order chi connectivity index (χ0) is 13.0. The molecule has 1 unspecified atom stereocenters. The van der Waals surface area contributed by atoms with E-state index in [0.717, 1.165) is 36.3 Å². The molecule has 1 aromatic heterocycles. The molecule has 2 heterocycles. The van der Waals surface area contributed by atoms with Gasteiger partial charge in [0.05, 0.1) is 16.6 Å². The van der Waals surface area contributed by atoms with Crippen molar-refractivity contribution in [1.29, 1.82) is 0 Å². The second-order valence-corrected chi connectivity index (χ2v) is 5.66. The van der Waals surface area contributed by atoms with Crippen molar-refractivity contribution in [3.8, 4) is 0 Å². The predicted molar refractivity (Wildman–Crippen MR) is 76.0 cm³/mol. The fourth-order valence-electron chi connectivity index (χ4n) is 1.83. The highest BCUT2D eigenvalue weighted by atomic mass is 79.9. The van der Waals surface area contributed by atoms with Crippen LogP contribution in [0.1, 0.15) is 26.7 Å². The zero-order valence-electron chi connectivity index (χ0n) is 10.8. The lowest BCUT2D eigenvalue weighted by molar-refractivity contribution is 0.185. The number of ether oxygens (including phenoxy) is 1. The van der Waals surface area contributed by atoms with Gasteiger partial charge in [0.25, 0.3) is 0 Å². The largest absolute Gasteiger partial charge is 0.379 e. The first-order valence-electron chi connectivity index (χ1n) is 6.25. The second-order valence-electron chi connectivity index (χ2n) is 4.81. The molecule has 100 valence electrons. The third-order valence-corrected chi connectivity index (χ3v) is 3.50. The van der Waals surface area contributed by atoms with Crippen molar-refractivity contribution >= 4 is 27.7 Å². The summed E-state index contributed by atoms with van der Waals surface area (Å²) in [7, 11) is 0. The molecule has 1 aliphatic rings. The number of nitrogens with zero attached hydrogens (tertiary/aromatic N) is 2. The summed E-state index contributed by atoms with van der Waals surface area (Å²) < 4.78 is 6.30. The summed E-state index contributed by atoms with van der Waals surface area (Å²) in [6.07, 6.45) is 3.81. The molecule has 6 heteroatoms. The number of rotatable bonds is 5. The molecule has 0 saturated carbocycles. The molecular formula is C12H19BrN4O. The summed E-state index contributed by atoms with van der Waals surface area (Å²) in [5, 5.41) is 6.62. The van der Waals surface area contributed by atoms with Gasteiger partial charge in [-0.1, -0.05) is 6.92 Å². The number of nitrogens with one attached hydrogen (secondary N) is 2. The van der Waals surface area contributed by atoms with Gasteiger partial charge in [-0.2, -0.15) is 4.98 Å². The van der Waals surface area contributed by atoms with E-state index in [9.17, 15) is 0 Å². The Kier molecular flexibility index (Phi) is 4.40. The summed E-state index contributed by atoms with van der Waals surface area (Å²) in [5.74, 6) is 1.47. The van der Waals surface area contributed by atoms with Gasteiger partial charge in [0.1, 0.15) is 5.82 Å². The first-order chi connectivity index (χ1) is 8.63. The molecule has 1 fully saturated rings. The maximum atomic E-state index is 5.43. The Morgan fingerprint density at radius 3 is 3.06 bits per heavy atom. The Labute approximate surface area is 116 Å². The van der Waals surface area contributed by atoms with Gasteiger partial charge in [-0.05, 0) is 35.7 Å². The van der Waals surface area contributed by atoms with Crippen LogP contribution in [-0.2, 0) is 4.74 Å². The van der Waals surface area contributed by atoms with Crippen LogP contribution in [0.4, 0.5) is 11.8 Å².